The Balaban J connectivity index is 2.29. The zero-order valence-corrected chi connectivity index (χ0v) is 13.6. The summed E-state index contributed by atoms with van der Waals surface area (Å²) in [5.41, 5.74) is 0.556. The highest BCUT2D eigenvalue weighted by atomic mass is 35.5. The minimum absolute atomic E-state index is 0.276. The predicted molar refractivity (Wildman–Crippen MR) is 81.6 cm³/mol. The highest BCUT2D eigenvalue weighted by Crippen LogP contribution is 2.26. The molecular weight excluding hydrogens is 355 g/mol. The smallest absolute Gasteiger partial charge is 0.207 e. The lowest BCUT2D eigenvalue weighted by molar-refractivity contribution is 0.536. The summed E-state index contributed by atoms with van der Waals surface area (Å²) in [4.78, 5) is -0.624. The van der Waals surface area contributed by atoms with Crippen LogP contribution < -0.4 is 4.72 Å². The van der Waals surface area contributed by atoms with Gasteiger partial charge in [-0.15, -0.1) is 0 Å². The maximum atomic E-state index is 13.6. The summed E-state index contributed by atoms with van der Waals surface area (Å²) in [5.74, 6) is -2.01. The molecule has 2 aromatic carbocycles. The lowest BCUT2D eigenvalue weighted by Crippen LogP contribution is -2.27. The topological polar surface area (TPSA) is 46.2 Å². The van der Waals surface area contributed by atoms with E-state index < -0.39 is 32.6 Å². The summed E-state index contributed by atoms with van der Waals surface area (Å²) < 4.78 is 53.1. The molecule has 0 radical (unpaired) electrons. The van der Waals surface area contributed by atoms with Gasteiger partial charge < -0.3 is 0 Å². The van der Waals surface area contributed by atoms with Gasteiger partial charge in [-0.1, -0.05) is 29.3 Å². The van der Waals surface area contributed by atoms with Gasteiger partial charge in [0.05, 0.1) is 10.0 Å². The molecule has 0 aliphatic rings. The molecule has 118 valence electrons. The van der Waals surface area contributed by atoms with Crippen molar-refractivity contribution in [2.24, 2.45) is 0 Å². The number of halogens is 4. The third kappa shape index (κ3) is 3.76. The Labute approximate surface area is 136 Å². The number of benzene rings is 2. The van der Waals surface area contributed by atoms with Crippen molar-refractivity contribution in [3.63, 3.8) is 0 Å². The molecule has 22 heavy (non-hydrogen) atoms. The van der Waals surface area contributed by atoms with Gasteiger partial charge in [-0.3, -0.25) is 0 Å². The third-order valence-corrected chi connectivity index (χ3v) is 5.27. The zero-order chi connectivity index (χ0) is 16.5. The van der Waals surface area contributed by atoms with Gasteiger partial charge >= 0.3 is 0 Å². The summed E-state index contributed by atoms with van der Waals surface area (Å²) in [7, 11) is -4.15. The van der Waals surface area contributed by atoms with Gasteiger partial charge in [-0.05, 0) is 36.8 Å². The monoisotopic (exact) mass is 365 g/mol. The van der Waals surface area contributed by atoms with Crippen molar-refractivity contribution in [3.8, 4) is 0 Å². The molecule has 0 spiro atoms. The van der Waals surface area contributed by atoms with Crippen LogP contribution in [0.2, 0.25) is 10.0 Å². The zero-order valence-electron chi connectivity index (χ0n) is 11.3. The van der Waals surface area contributed by atoms with Crippen molar-refractivity contribution in [3.05, 3.63) is 63.6 Å². The van der Waals surface area contributed by atoms with E-state index in [2.05, 4.69) is 4.72 Å². The Bertz CT molecular complexity index is 812. The second-order valence-corrected chi connectivity index (χ2v) is 7.09. The molecule has 0 aromatic heterocycles. The Hall–Kier alpha value is -1.21. The average molecular weight is 366 g/mol. The first-order chi connectivity index (χ1) is 10.2. The summed E-state index contributed by atoms with van der Waals surface area (Å²) >= 11 is 11.7. The van der Waals surface area contributed by atoms with E-state index in [0.717, 1.165) is 12.1 Å². The van der Waals surface area contributed by atoms with E-state index in [0.29, 0.717) is 16.7 Å². The van der Waals surface area contributed by atoms with E-state index in [1.54, 1.807) is 13.0 Å². The van der Waals surface area contributed by atoms with Gasteiger partial charge in [0.15, 0.2) is 0 Å². The molecule has 2 rings (SSSR count). The van der Waals surface area contributed by atoms with E-state index >= 15 is 0 Å². The lowest BCUT2D eigenvalue weighted by atomic mass is 10.1. The summed E-state index contributed by atoms with van der Waals surface area (Å²) in [6.07, 6.45) is 0. The first kappa shape index (κ1) is 17.1. The molecule has 0 heterocycles. The van der Waals surface area contributed by atoms with Gasteiger partial charge in [0.2, 0.25) is 10.0 Å². The number of hydrogen-bond acceptors (Lipinski definition) is 2. The maximum absolute atomic E-state index is 13.6. The molecule has 0 saturated carbocycles. The number of rotatable bonds is 4. The average Bonchev–Trinajstić information content (AvgIpc) is 2.40. The van der Waals surface area contributed by atoms with E-state index in [1.165, 1.54) is 12.1 Å². The molecule has 1 atom stereocenters. The molecule has 2 aromatic rings. The molecule has 0 aliphatic heterocycles. The SMILES string of the molecule is CC(NS(=O)(=O)c1ccc(F)cc1F)c1ccc(Cl)c(Cl)c1. The van der Waals surface area contributed by atoms with Crippen LogP contribution >= 0.6 is 23.2 Å². The van der Waals surface area contributed by atoms with Crippen LogP contribution in [0, 0.1) is 11.6 Å². The van der Waals surface area contributed by atoms with Crippen LogP contribution in [0.1, 0.15) is 18.5 Å². The summed E-state index contributed by atoms with van der Waals surface area (Å²) in [5, 5.41) is 0.614. The number of hydrogen-bond donors (Lipinski definition) is 1. The van der Waals surface area contributed by atoms with E-state index in [4.69, 9.17) is 23.2 Å². The van der Waals surface area contributed by atoms with Crippen LogP contribution in [-0.2, 0) is 10.0 Å². The molecule has 1 unspecified atom stereocenters. The molecule has 0 saturated heterocycles. The molecule has 3 nitrogen and oxygen atoms in total. The quantitative estimate of drug-likeness (QED) is 0.877. The highest BCUT2D eigenvalue weighted by molar-refractivity contribution is 7.89. The van der Waals surface area contributed by atoms with Crippen molar-refractivity contribution < 1.29 is 17.2 Å². The van der Waals surface area contributed by atoms with Gasteiger partial charge in [0.25, 0.3) is 0 Å². The molecular formula is C14H11Cl2F2NO2S. The fraction of sp³-hybridized carbons (Fsp3) is 0.143. The lowest BCUT2D eigenvalue weighted by Gasteiger charge is -2.15. The van der Waals surface area contributed by atoms with Crippen LogP contribution in [-0.4, -0.2) is 8.42 Å². The van der Waals surface area contributed by atoms with Gasteiger partial charge in [0, 0.05) is 12.1 Å². The van der Waals surface area contributed by atoms with Crippen LogP contribution in [0.5, 0.6) is 0 Å². The van der Waals surface area contributed by atoms with E-state index in [9.17, 15) is 17.2 Å². The Kier molecular flexibility index (Phi) is 5.07. The van der Waals surface area contributed by atoms with Crippen LogP contribution in [0.4, 0.5) is 8.78 Å². The molecule has 0 aliphatic carbocycles. The fourth-order valence-corrected chi connectivity index (χ4v) is 3.44. The van der Waals surface area contributed by atoms with Crippen LogP contribution in [0.15, 0.2) is 41.3 Å². The normalized spacial score (nSPS) is 13.1. The molecule has 1 N–H and O–H groups in total. The van der Waals surface area contributed by atoms with Gasteiger partial charge in [-0.2, -0.15) is 0 Å². The molecule has 0 amide bonds. The first-order valence-corrected chi connectivity index (χ1v) is 8.37. The maximum Gasteiger partial charge on any atom is 0.244 e. The van der Waals surface area contributed by atoms with Crippen molar-refractivity contribution in [1.82, 2.24) is 4.72 Å². The largest absolute Gasteiger partial charge is 0.244 e. The Morgan fingerprint density at radius 2 is 1.73 bits per heavy atom. The third-order valence-electron chi connectivity index (χ3n) is 2.96. The standard InChI is InChI=1S/C14H11Cl2F2NO2S/c1-8(9-2-4-11(15)12(16)6-9)19-22(20,21)14-5-3-10(17)7-13(14)18/h2-8,19H,1H3. The van der Waals surface area contributed by atoms with Crippen molar-refractivity contribution in [1.29, 1.82) is 0 Å². The first-order valence-electron chi connectivity index (χ1n) is 6.13. The number of sulfonamides is 1. The van der Waals surface area contributed by atoms with E-state index in [1.807, 2.05) is 0 Å². The minimum atomic E-state index is -4.15. The second-order valence-electron chi connectivity index (χ2n) is 4.59. The predicted octanol–water partition coefficient (Wildman–Crippen LogP) is 4.31. The Morgan fingerprint density at radius 3 is 2.32 bits per heavy atom. The van der Waals surface area contributed by atoms with Gasteiger partial charge in [-0.25, -0.2) is 21.9 Å². The van der Waals surface area contributed by atoms with Crippen molar-refractivity contribution in [2.75, 3.05) is 0 Å². The summed E-state index contributed by atoms with van der Waals surface area (Å²) in [6.45, 7) is 1.57. The van der Waals surface area contributed by atoms with Crippen LogP contribution in [0.25, 0.3) is 0 Å². The summed E-state index contributed by atoms with van der Waals surface area (Å²) in [6, 6.07) is 6.22. The Morgan fingerprint density at radius 1 is 1.05 bits per heavy atom. The molecule has 8 heteroatoms. The van der Waals surface area contributed by atoms with Crippen molar-refractivity contribution in [2.45, 2.75) is 17.9 Å². The number of nitrogens with one attached hydrogen (secondary N) is 1. The highest BCUT2D eigenvalue weighted by Gasteiger charge is 2.22. The minimum Gasteiger partial charge on any atom is -0.207 e. The fourth-order valence-electron chi connectivity index (χ4n) is 1.84. The second kappa shape index (κ2) is 6.50. The van der Waals surface area contributed by atoms with Crippen molar-refractivity contribution >= 4 is 33.2 Å². The van der Waals surface area contributed by atoms with Gasteiger partial charge in [0.1, 0.15) is 16.5 Å². The van der Waals surface area contributed by atoms with E-state index in [-0.39, 0.29) is 5.02 Å². The molecule has 0 bridgehead atoms. The molecule has 0 fully saturated rings. The van der Waals surface area contributed by atoms with Crippen LogP contribution in [0.3, 0.4) is 0 Å².